The van der Waals surface area contributed by atoms with Crippen molar-refractivity contribution in [1.82, 2.24) is 0 Å². The molecule has 0 atom stereocenters. The van der Waals surface area contributed by atoms with Gasteiger partial charge in [0.2, 0.25) is 0 Å². The van der Waals surface area contributed by atoms with Crippen LogP contribution in [0.15, 0.2) is 30.3 Å². The maximum absolute atomic E-state index is 6.55. The van der Waals surface area contributed by atoms with Crippen molar-refractivity contribution in [3.05, 3.63) is 57.6 Å². The molecule has 0 aromatic heterocycles. The lowest BCUT2D eigenvalue weighted by Crippen LogP contribution is -2.16. The number of halogens is 1. The average molecular weight is 257 g/mol. The van der Waals surface area contributed by atoms with E-state index >= 15 is 0 Å². The standard InChI is InChI=1S/C17H17Cl/c1-10-5-7-12-13-8-6-11(2)16(18)15(13)17(3,4)14(12)9-10/h5-9H,1-4H3. The summed E-state index contributed by atoms with van der Waals surface area (Å²) in [6.07, 6.45) is 0. The van der Waals surface area contributed by atoms with Gasteiger partial charge in [-0.2, -0.15) is 0 Å². The van der Waals surface area contributed by atoms with E-state index in [0.29, 0.717) is 0 Å². The van der Waals surface area contributed by atoms with Crippen LogP contribution in [0.2, 0.25) is 5.02 Å². The number of rotatable bonds is 0. The lowest BCUT2D eigenvalue weighted by atomic mass is 9.81. The molecule has 0 heterocycles. The van der Waals surface area contributed by atoms with Gasteiger partial charge >= 0.3 is 0 Å². The maximum atomic E-state index is 6.55. The molecular weight excluding hydrogens is 240 g/mol. The molecule has 0 aliphatic heterocycles. The van der Waals surface area contributed by atoms with E-state index in [1.54, 1.807) is 0 Å². The molecule has 0 saturated heterocycles. The van der Waals surface area contributed by atoms with Gasteiger partial charge in [-0.15, -0.1) is 0 Å². The zero-order chi connectivity index (χ0) is 13.1. The summed E-state index contributed by atoms with van der Waals surface area (Å²) < 4.78 is 0. The zero-order valence-electron chi connectivity index (χ0n) is 11.3. The summed E-state index contributed by atoms with van der Waals surface area (Å²) in [6.45, 7) is 8.75. The molecule has 1 aliphatic carbocycles. The zero-order valence-corrected chi connectivity index (χ0v) is 12.0. The first-order chi connectivity index (χ1) is 8.43. The smallest absolute Gasteiger partial charge is 0.0482 e. The van der Waals surface area contributed by atoms with Crippen LogP contribution in [0.3, 0.4) is 0 Å². The Labute approximate surface area is 114 Å². The Morgan fingerprint density at radius 1 is 0.944 bits per heavy atom. The Kier molecular flexibility index (Phi) is 2.37. The van der Waals surface area contributed by atoms with Gasteiger partial charge in [0.05, 0.1) is 0 Å². The summed E-state index contributed by atoms with van der Waals surface area (Å²) in [5.41, 5.74) is 7.78. The quantitative estimate of drug-likeness (QED) is 0.603. The number of fused-ring (bicyclic) bond motifs is 3. The van der Waals surface area contributed by atoms with E-state index in [9.17, 15) is 0 Å². The minimum absolute atomic E-state index is 0.000208. The fourth-order valence-electron chi connectivity index (χ4n) is 3.06. The fraction of sp³-hybridized carbons (Fsp3) is 0.294. The molecule has 1 heteroatoms. The molecule has 3 rings (SSSR count). The monoisotopic (exact) mass is 256 g/mol. The molecule has 0 amide bonds. The molecule has 18 heavy (non-hydrogen) atoms. The van der Waals surface area contributed by atoms with Crippen LogP contribution in [0.5, 0.6) is 0 Å². The van der Waals surface area contributed by atoms with Crippen LogP contribution >= 0.6 is 11.6 Å². The molecule has 2 aromatic rings. The summed E-state index contributed by atoms with van der Waals surface area (Å²) >= 11 is 6.55. The van der Waals surface area contributed by atoms with E-state index < -0.39 is 0 Å². The minimum atomic E-state index is -0.000208. The van der Waals surface area contributed by atoms with Crippen molar-refractivity contribution in [3.8, 4) is 11.1 Å². The van der Waals surface area contributed by atoms with Crippen LogP contribution in [-0.2, 0) is 5.41 Å². The van der Waals surface area contributed by atoms with Crippen LogP contribution in [-0.4, -0.2) is 0 Å². The molecule has 0 radical (unpaired) electrons. The van der Waals surface area contributed by atoms with Crippen LogP contribution in [0, 0.1) is 13.8 Å². The highest BCUT2D eigenvalue weighted by molar-refractivity contribution is 6.33. The molecular formula is C17H17Cl. The number of benzene rings is 2. The van der Waals surface area contributed by atoms with Crippen LogP contribution in [0.1, 0.15) is 36.1 Å². The lowest BCUT2D eigenvalue weighted by Gasteiger charge is -2.23. The van der Waals surface area contributed by atoms with E-state index in [1.165, 1.54) is 27.8 Å². The van der Waals surface area contributed by atoms with Crippen LogP contribution in [0.25, 0.3) is 11.1 Å². The SMILES string of the molecule is Cc1ccc2c(c1)C(C)(C)c1c-2ccc(C)c1Cl. The Morgan fingerprint density at radius 2 is 1.61 bits per heavy atom. The fourth-order valence-corrected chi connectivity index (χ4v) is 3.46. The molecule has 0 saturated carbocycles. The first kappa shape index (κ1) is 11.8. The number of hydrogen-bond donors (Lipinski definition) is 0. The Hall–Kier alpha value is -1.27. The van der Waals surface area contributed by atoms with Crippen molar-refractivity contribution < 1.29 is 0 Å². The van der Waals surface area contributed by atoms with Crippen LogP contribution < -0.4 is 0 Å². The normalized spacial score (nSPS) is 15.4. The van der Waals surface area contributed by atoms with Gasteiger partial charge in [-0.1, -0.05) is 61.3 Å². The summed E-state index contributed by atoms with van der Waals surface area (Å²) in [5, 5.41) is 0.923. The molecule has 0 bridgehead atoms. The molecule has 0 nitrogen and oxygen atoms in total. The summed E-state index contributed by atoms with van der Waals surface area (Å²) in [6, 6.07) is 11.0. The molecule has 2 aromatic carbocycles. The summed E-state index contributed by atoms with van der Waals surface area (Å²) in [4.78, 5) is 0. The molecule has 1 aliphatic rings. The van der Waals surface area contributed by atoms with E-state index in [2.05, 4.69) is 58.0 Å². The highest BCUT2D eigenvalue weighted by atomic mass is 35.5. The van der Waals surface area contributed by atoms with Gasteiger partial charge in [0.25, 0.3) is 0 Å². The van der Waals surface area contributed by atoms with Crippen molar-refractivity contribution in [2.75, 3.05) is 0 Å². The van der Waals surface area contributed by atoms with Crippen molar-refractivity contribution in [2.24, 2.45) is 0 Å². The third-order valence-electron chi connectivity index (χ3n) is 4.10. The second-order valence-electron chi connectivity index (χ2n) is 5.79. The third kappa shape index (κ3) is 1.39. The number of hydrogen-bond acceptors (Lipinski definition) is 0. The second kappa shape index (κ2) is 3.61. The predicted octanol–water partition coefficient (Wildman–Crippen LogP) is 5.26. The van der Waals surface area contributed by atoms with Crippen molar-refractivity contribution in [3.63, 3.8) is 0 Å². The summed E-state index contributed by atoms with van der Waals surface area (Å²) in [5.74, 6) is 0. The Morgan fingerprint density at radius 3 is 2.33 bits per heavy atom. The predicted molar refractivity (Wildman–Crippen MR) is 78.5 cm³/mol. The largest absolute Gasteiger partial charge is 0.0837 e. The van der Waals surface area contributed by atoms with Gasteiger partial charge in [0, 0.05) is 10.4 Å². The number of aryl methyl sites for hydroxylation is 2. The molecule has 0 spiro atoms. The lowest BCUT2D eigenvalue weighted by molar-refractivity contribution is 0.659. The van der Waals surface area contributed by atoms with Crippen LogP contribution in [0.4, 0.5) is 0 Å². The molecule has 92 valence electrons. The molecule has 0 N–H and O–H groups in total. The van der Waals surface area contributed by atoms with Crippen molar-refractivity contribution in [2.45, 2.75) is 33.1 Å². The highest BCUT2D eigenvalue weighted by Crippen LogP contribution is 2.51. The van der Waals surface area contributed by atoms with E-state index in [-0.39, 0.29) is 5.41 Å². The maximum Gasteiger partial charge on any atom is 0.0482 e. The topological polar surface area (TPSA) is 0 Å². The van der Waals surface area contributed by atoms with E-state index in [4.69, 9.17) is 11.6 Å². The van der Waals surface area contributed by atoms with Crippen molar-refractivity contribution in [1.29, 1.82) is 0 Å². The van der Waals surface area contributed by atoms with Gasteiger partial charge in [0.1, 0.15) is 0 Å². The summed E-state index contributed by atoms with van der Waals surface area (Å²) in [7, 11) is 0. The highest BCUT2D eigenvalue weighted by Gasteiger charge is 2.37. The van der Waals surface area contributed by atoms with E-state index in [0.717, 1.165) is 10.6 Å². The van der Waals surface area contributed by atoms with Gasteiger partial charge in [-0.05, 0) is 41.7 Å². The Balaban J connectivity index is 2.42. The van der Waals surface area contributed by atoms with Gasteiger partial charge in [0.15, 0.2) is 0 Å². The molecule has 0 unspecified atom stereocenters. The first-order valence-electron chi connectivity index (χ1n) is 6.34. The van der Waals surface area contributed by atoms with Crippen molar-refractivity contribution >= 4 is 11.6 Å². The second-order valence-corrected chi connectivity index (χ2v) is 6.17. The van der Waals surface area contributed by atoms with E-state index in [1.807, 2.05) is 0 Å². The van der Waals surface area contributed by atoms with Gasteiger partial charge < -0.3 is 0 Å². The first-order valence-corrected chi connectivity index (χ1v) is 6.72. The Bertz CT molecular complexity index is 651. The average Bonchev–Trinajstić information content (AvgIpc) is 2.53. The minimum Gasteiger partial charge on any atom is -0.0837 e. The van der Waals surface area contributed by atoms with Gasteiger partial charge in [-0.3, -0.25) is 0 Å². The molecule has 0 fully saturated rings. The third-order valence-corrected chi connectivity index (χ3v) is 4.59. The van der Waals surface area contributed by atoms with Gasteiger partial charge in [-0.25, -0.2) is 0 Å².